The molecular formula is C19H24N6O4S. The molecule has 1 amide bonds. The average Bonchev–Trinajstić information content (AvgIpc) is 3.38. The van der Waals surface area contributed by atoms with Crippen LogP contribution in [0.3, 0.4) is 0 Å². The maximum atomic E-state index is 12.5. The Morgan fingerprint density at radius 1 is 1.13 bits per heavy atom. The first kappa shape index (κ1) is 21.7. The van der Waals surface area contributed by atoms with E-state index in [9.17, 15) is 13.2 Å². The second-order valence-corrected chi connectivity index (χ2v) is 8.69. The minimum Gasteiger partial charge on any atom is -0.401 e. The number of carbonyl (C=O) groups excluding carboxylic acids is 1. The SMILES string of the molecule is CCN(CC)S(=O)(=O)c1ccc(C(=O)Nc2nnc(-c3ccn(C(C)C)n3)o2)cc1. The number of rotatable bonds is 8. The van der Waals surface area contributed by atoms with Gasteiger partial charge in [-0.3, -0.25) is 14.8 Å². The quantitative estimate of drug-likeness (QED) is 0.580. The second-order valence-electron chi connectivity index (χ2n) is 6.75. The average molecular weight is 433 g/mol. The molecule has 0 radical (unpaired) electrons. The third-order valence-electron chi connectivity index (χ3n) is 4.46. The van der Waals surface area contributed by atoms with E-state index >= 15 is 0 Å². The zero-order valence-electron chi connectivity index (χ0n) is 17.2. The summed E-state index contributed by atoms with van der Waals surface area (Å²) in [6, 6.07) is 7.54. The van der Waals surface area contributed by atoms with Crippen molar-refractivity contribution in [1.29, 1.82) is 0 Å². The van der Waals surface area contributed by atoms with Crippen LogP contribution in [0.2, 0.25) is 0 Å². The Morgan fingerprint density at radius 3 is 2.37 bits per heavy atom. The topological polar surface area (TPSA) is 123 Å². The summed E-state index contributed by atoms with van der Waals surface area (Å²) in [6.07, 6.45) is 1.80. The Morgan fingerprint density at radius 2 is 1.80 bits per heavy atom. The van der Waals surface area contributed by atoms with Gasteiger partial charge in [0.2, 0.25) is 10.0 Å². The van der Waals surface area contributed by atoms with Crippen LogP contribution >= 0.6 is 0 Å². The first-order valence-electron chi connectivity index (χ1n) is 9.56. The molecule has 3 aromatic rings. The van der Waals surface area contributed by atoms with Gasteiger partial charge in [-0.1, -0.05) is 18.9 Å². The van der Waals surface area contributed by atoms with Gasteiger partial charge in [-0.25, -0.2) is 8.42 Å². The minimum absolute atomic E-state index is 0.0751. The largest absolute Gasteiger partial charge is 0.401 e. The van der Waals surface area contributed by atoms with E-state index < -0.39 is 15.9 Å². The monoisotopic (exact) mass is 432 g/mol. The number of carbonyl (C=O) groups is 1. The van der Waals surface area contributed by atoms with E-state index in [-0.39, 0.29) is 28.4 Å². The number of hydrogen-bond acceptors (Lipinski definition) is 7. The van der Waals surface area contributed by atoms with E-state index in [0.29, 0.717) is 18.8 Å². The molecule has 0 saturated heterocycles. The molecule has 2 heterocycles. The van der Waals surface area contributed by atoms with Crippen LogP contribution in [0.5, 0.6) is 0 Å². The molecule has 0 atom stereocenters. The number of hydrogen-bond donors (Lipinski definition) is 1. The van der Waals surface area contributed by atoms with Crippen molar-refractivity contribution in [2.24, 2.45) is 0 Å². The van der Waals surface area contributed by atoms with E-state index in [4.69, 9.17) is 4.42 Å². The Labute approximate surface area is 175 Å². The van der Waals surface area contributed by atoms with Crippen molar-refractivity contribution < 1.29 is 17.6 Å². The fourth-order valence-electron chi connectivity index (χ4n) is 2.78. The first-order valence-corrected chi connectivity index (χ1v) is 11.0. The lowest BCUT2D eigenvalue weighted by molar-refractivity contribution is 0.102. The summed E-state index contributed by atoms with van der Waals surface area (Å²) in [7, 11) is -3.58. The summed E-state index contributed by atoms with van der Waals surface area (Å²) >= 11 is 0. The maximum Gasteiger partial charge on any atom is 0.322 e. The molecule has 0 saturated carbocycles. The minimum atomic E-state index is -3.58. The Kier molecular flexibility index (Phi) is 6.32. The van der Waals surface area contributed by atoms with Gasteiger partial charge in [-0.05, 0) is 44.2 Å². The molecule has 0 aliphatic carbocycles. The highest BCUT2D eigenvalue weighted by atomic mass is 32.2. The van der Waals surface area contributed by atoms with Crippen LogP contribution in [-0.4, -0.2) is 51.7 Å². The van der Waals surface area contributed by atoms with Crippen molar-refractivity contribution in [2.75, 3.05) is 18.4 Å². The number of sulfonamides is 1. The van der Waals surface area contributed by atoms with Gasteiger partial charge in [0.1, 0.15) is 5.69 Å². The zero-order chi connectivity index (χ0) is 21.9. The van der Waals surface area contributed by atoms with Gasteiger partial charge in [-0.15, -0.1) is 5.10 Å². The van der Waals surface area contributed by atoms with Crippen molar-refractivity contribution >= 4 is 21.9 Å². The number of aromatic nitrogens is 4. The molecule has 30 heavy (non-hydrogen) atoms. The number of amides is 1. The maximum absolute atomic E-state index is 12.5. The van der Waals surface area contributed by atoms with Crippen molar-refractivity contribution in [2.45, 2.75) is 38.6 Å². The van der Waals surface area contributed by atoms with Gasteiger partial charge >= 0.3 is 6.01 Å². The molecule has 160 valence electrons. The van der Waals surface area contributed by atoms with Gasteiger partial charge in [0.15, 0.2) is 0 Å². The van der Waals surface area contributed by atoms with Crippen LogP contribution < -0.4 is 5.32 Å². The van der Waals surface area contributed by atoms with Crippen molar-refractivity contribution in [1.82, 2.24) is 24.3 Å². The molecule has 10 nitrogen and oxygen atoms in total. The smallest absolute Gasteiger partial charge is 0.322 e. The summed E-state index contributed by atoms with van der Waals surface area (Å²) in [5.74, 6) is -0.310. The van der Waals surface area contributed by atoms with Crippen LogP contribution in [0.4, 0.5) is 6.01 Å². The summed E-state index contributed by atoms with van der Waals surface area (Å²) in [6.45, 7) is 8.28. The molecule has 0 bridgehead atoms. The molecule has 0 fully saturated rings. The van der Waals surface area contributed by atoms with Crippen molar-refractivity contribution in [3.8, 4) is 11.6 Å². The fourth-order valence-corrected chi connectivity index (χ4v) is 4.24. The molecule has 0 spiro atoms. The standard InChI is InChI=1S/C19H24N6O4S/c1-5-24(6-2)30(27,28)15-9-7-14(8-10-15)17(26)20-19-22-21-18(29-19)16-11-12-25(23-16)13(3)4/h7-13H,5-6H2,1-4H3,(H,20,22,26). The van der Waals surface area contributed by atoms with E-state index in [0.717, 1.165) is 0 Å². The number of anilines is 1. The van der Waals surface area contributed by atoms with Gasteiger partial charge in [-0.2, -0.15) is 9.40 Å². The predicted octanol–water partition coefficient (Wildman–Crippen LogP) is 2.80. The first-order chi connectivity index (χ1) is 14.3. The molecule has 0 aliphatic rings. The number of nitrogens with zero attached hydrogens (tertiary/aromatic N) is 5. The summed E-state index contributed by atoms with van der Waals surface area (Å²) in [5.41, 5.74) is 0.764. The Bertz CT molecular complexity index is 1110. The normalized spacial score (nSPS) is 11.9. The highest BCUT2D eigenvalue weighted by Crippen LogP contribution is 2.20. The van der Waals surface area contributed by atoms with Crippen LogP contribution in [-0.2, 0) is 10.0 Å². The molecule has 2 aromatic heterocycles. The predicted molar refractivity (Wildman–Crippen MR) is 110 cm³/mol. The Balaban J connectivity index is 1.71. The fraction of sp³-hybridized carbons (Fsp3) is 0.368. The van der Waals surface area contributed by atoms with Crippen molar-refractivity contribution in [3.05, 3.63) is 42.1 Å². The third kappa shape index (κ3) is 4.41. The Hall–Kier alpha value is -3.05. The number of nitrogens with one attached hydrogen (secondary N) is 1. The highest BCUT2D eigenvalue weighted by molar-refractivity contribution is 7.89. The molecular weight excluding hydrogens is 408 g/mol. The molecule has 11 heteroatoms. The summed E-state index contributed by atoms with van der Waals surface area (Å²) < 4.78 is 33.6. The van der Waals surface area contributed by atoms with Crippen LogP contribution in [0.15, 0.2) is 45.8 Å². The van der Waals surface area contributed by atoms with Gasteiger partial charge in [0, 0.05) is 30.9 Å². The van der Waals surface area contributed by atoms with Gasteiger partial charge in [0.05, 0.1) is 4.90 Å². The number of benzene rings is 1. The molecule has 3 rings (SSSR count). The van der Waals surface area contributed by atoms with E-state index in [1.54, 1.807) is 30.8 Å². The highest BCUT2D eigenvalue weighted by Gasteiger charge is 2.22. The van der Waals surface area contributed by atoms with E-state index in [2.05, 4.69) is 20.6 Å². The lowest BCUT2D eigenvalue weighted by Crippen LogP contribution is -2.30. The van der Waals surface area contributed by atoms with Crippen LogP contribution in [0, 0.1) is 0 Å². The van der Waals surface area contributed by atoms with Gasteiger partial charge < -0.3 is 4.42 Å². The molecule has 0 aliphatic heterocycles. The van der Waals surface area contributed by atoms with Gasteiger partial charge in [0.25, 0.3) is 11.8 Å². The molecule has 0 unspecified atom stereocenters. The zero-order valence-corrected chi connectivity index (χ0v) is 18.0. The summed E-state index contributed by atoms with van der Waals surface area (Å²) in [5, 5.41) is 14.6. The summed E-state index contributed by atoms with van der Waals surface area (Å²) in [4.78, 5) is 12.6. The van der Waals surface area contributed by atoms with E-state index in [1.165, 1.54) is 28.6 Å². The molecule has 1 N–H and O–H groups in total. The molecule has 1 aromatic carbocycles. The van der Waals surface area contributed by atoms with Crippen LogP contribution in [0.1, 0.15) is 44.1 Å². The van der Waals surface area contributed by atoms with E-state index in [1.807, 2.05) is 13.8 Å². The van der Waals surface area contributed by atoms with Crippen molar-refractivity contribution in [3.63, 3.8) is 0 Å². The lowest BCUT2D eigenvalue weighted by Gasteiger charge is -2.18. The third-order valence-corrected chi connectivity index (χ3v) is 6.53. The lowest BCUT2D eigenvalue weighted by atomic mass is 10.2. The van der Waals surface area contributed by atoms with Crippen LogP contribution in [0.25, 0.3) is 11.6 Å². The second kappa shape index (κ2) is 8.76.